The quantitative estimate of drug-likeness (QED) is 0.779. The molecule has 1 saturated heterocycles. The van der Waals surface area contributed by atoms with Crippen molar-refractivity contribution in [2.24, 2.45) is 5.73 Å². The normalized spacial score (nSPS) is 15.1. The topological polar surface area (TPSA) is 77.0 Å². The van der Waals surface area contributed by atoms with Crippen molar-refractivity contribution >= 4 is 28.2 Å². The van der Waals surface area contributed by atoms with Crippen LogP contribution in [0.4, 0.5) is 0 Å². The highest BCUT2D eigenvalue weighted by Crippen LogP contribution is 2.27. The van der Waals surface area contributed by atoms with E-state index in [2.05, 4.69) is 0 Å². The van der Waals surface area contributed by atoms with E-state index in [0.29, 0.717) is 37.4 Å². The van der Waals surface area contributed by atoms with Crippen LogP contribution in [0, 0.1) is 0 Å². The van der Waals surface area contributed by atoms with Crippen molar-refractivity contribution in [3.8, 4) is 0 Å². The molecular weight excluding hydrogens is 306 g/mol. The zero-order valence-electron chi connectivity index (χ0n) is 13.1. The number of carbonyl (C=O) groups is 2. The first-order chi connectivity index (χ1) is 11.7. The van der Waals surface area contributed by atoms with Crippen LogP contribution < -0.4 is 5.73 Å². The maximum Gasteiger partial charge on any atom is 0.254 e. The molecule has 0 aliphatic carbocycles. The maximum atomic E-state index is 12.7. The largest absolute Gasteiger partial charge is 0.378 e. The summed E-state index contributed by atoms with van der Waals surface area (Å²) in [7, 11) is 0. The van der Waals surface area contributed by atoms with Crippen molar-refractivity contribution in [2.75, 3.05) is 26.3 Å². The predicted octanol–water partition coefficient (Wildman–Crippen LogP) is 1.66. The molecule has 4 rings (SSSR count). The fourth-order valence-corrected chi connectivity index (χ4v) is 3.28. The Morgan fingerprint density at radius 3 is 2.58 bits per heavy atom. The minimum Gasteiger partial charge on any atom is -0.378 e. The Bertz CT molecular complexity index is 955. The van der Waals surface area contributed by atoms with Crippen LogP contribution in [-0.2, 0) is 4.74 Å². The summed E-state index contributed by atoms with van der Waals surface area (Å²) in [6, 6.07) is 11.0. The Balaban J connectivity index is 1.87. The average Bonchev–Trinajstić information content (AvgIpc) is 2.95. The van der Waals surface area contributed by atoms with Gasteiger partial charge in [0, 0.05) is 30.2 Å². The number of amides is 2. The van der Waals surface area contributed by atoms with Gasteiger partial charge in [-0.15, -0.1) is 0 Å². The van der Waals surface area contributed by atoms with Gasteiger partial charge in [0.15, 0.2) is 0 Å². The highest BCUT2D eigenvalue weighted by atomic mass is 16.5. The Labute approximate surface area is 138 Å². The second-order valence-electron chi connectivity index (χ2n) is 5.83. The number of ether oxygens (including phenoxy) is 1. The lowest BCUT2D eigenvalue weighted by atomic mass is 10.1. The average molecular weight is 323 g/mol. The van der Waals surface area contributed by atoms with Crippen LogP contribution in [0.25, 0.3) is 16.4 Å². The summed E-state index contributed by atoms with van der Waals surface area (Å²) in [5.74, 6) is -0.493. The molecule has 24 heavy (non-hydrogen) atoms. The lowest BCUT2D eigenvalue weighted by molar-refractivity contribution is 0.0303. The van der Waals surface area contributed by atoms with Gasteiger partial charge in [0.1, 0.15) is 0 Å². The smallest absolute Gasteiger partial charge is 0.254 e. The first kappa shape index (κ1) is 14.7. The Morgan fingerprint density at radius 1 is 1.04 bits per heavy atom. The van der Waals surface area contributed by atoms with E-state index in [1.54, 1.807) is 17.0 Å². The van der Waals surface area contributed by atoms with Gasteiger partial charge >= 0.3 is 0 Å². The number of nitrogens with zero attached hydrogens (tertiary/aromatic N) is 2. The number of hydrogen-bond donors (Lipinski definition) is 1. The predicted molar refractivity (Wildman–Crippen MR) is 90.1 cm³/mol. The minimum atomic E-state index is -0.471. The zero-order valence-corrected chi connectivity index (χ0v) is 13.1. The van der Waals surface area contributed by atoms with Gasteiger partial charge in [0.2, 0.25) is 0 Å². The van der Waals surface area contributed by atoms with Crippen LogP contribution in [0.5, 0.6) is 0 Å². The van der Waals surface area contributed by atoms with E-state index < -0.39 is 5.91 Å². The molecule has 1 aliphatic heterocycles. The van der Waals surface area contributed by atoms with Crippen molar-refractivity contribution in [1.82, 2.24) is 9.30 Å². The van der Waals surface area contributed by atoms with Crippen LogP contribution in [0.1, 0.15) is 20.7 Å². The van der Waals surface area contributed by atoms with E-state index >= 15 is 0 Å². The number of aromatic nitrogens is 1. The van der Waals surface area contributed by atoms with E-state index in [1.165, 1.54) is 0 Å². The second-order valence-corrected chi connectivity index (χ2v) is 5.83. The van der Waals surface area contributed by atoms with Crippen LogP contribution in [-0.4, -0.2) is 47.4 Å². The molecular formula is C18H17N3O3. The van der Waals surface area contributed by atoms with Gasteiger partial charge < -0.3 is 19.8 Å². The number of nitrogens with two attached hydrogens (primary N) is 1. The molecule has 6 heteroatoms. The van der Waals surface area contributed by atoms with Gasteiger partial charge in [-0.05, 0) is 24.3 Å². The molecule has 2 N–H and O–H groups in total. The molecule has 2 aromatic heterocycles. The lowest BCUT2D eigenvalue weighted by Gasteiger charge is -2.26. The van der Waals surface area contributed by atoms with E-state index in [4.69, 9.17) is 10.5 Å². The fourth-order valence-electron chi connectivity index (χ4n) is 3.28. The third kappa shape index (κ3) is 2.23. The summed E-state index contributed by atoms with van der Waals surface area (Å²) in [4.78, 5) is 26.4. The van der Waals surface area contributed by atoms with Crippen LogP contribution in [0.15, 0.2) is 42.6 Å². The molecule has 0 atom stereocenters. The van der Waals surface area contributed by atoms with Gasteiger partial charge in [-0.2, -0.15) is 0 Å². The van der Waals surface area contributed by atoms with Crippen LogP contribution >= 0.6 is 0 Å². The summed E-state index contributed by atoms with van der Waals surface area (Å²) in [5.41, 5.74) is 8.20. The van der Waals surface area contributed by atoms with Gasteiger partial charge in [0.25, 0.3) is 11.8 Å². The van der Waals surface area contributed by atoms with Gasteiger partial charge in [-0.1, -0.05) is 12.1 Å². The molecule has 122 valence electrons. The lowest BCUT2D eigenvalue weighted by Crippen LogP contribution is -2.40. The summed E-state index contributed by atoms with van der Waals surface area (Å²) >= 11 is 0. The third-order valence-corrected chi connectivity index (χ3v) is 4.43. The van der Waals surface area contributed by atoms with Crippen molar-refractivity contribution in [2.45, 2.75) is 0 Å². The summed E-state index contributed by atoms with van der Waals surface area (Å²) in [6.07, 6.45) is 1.87. The van der Waals surface area contributed by atoms with E-state index in [0.717, 1.165) is 16.4 Å². The van der Waals surface area contributed by atoms with Gasteiger partial charge in [-0.25, -0.2) is 0 Å². The molecule has 2 amide bonds. The van der Waals surface area contributed by atoms with Gasteiger partial charge in [-0.3, -0.25) is 9.59 Å². The molecule has 1 aliphatic rings. The summed E-state index contributed by atoms with van der Waals surface area (Å²) in [6.45, 7) is 2.32. The minimum absolute atomic E-state index is 0.0216. The second kappa shape index (κ2) is 5.65. The number of primary amides is 1. The van der Waals surface area contributed by atoms with Crippen molar-refractivity contribution in [1.29, 1.82) is 0 Å². The Morgan fingerprint density at radius 2 is 1.83 bits per heavy atom. The van der Waals surface area contributed by atoms with E-state index in [-0.39, 0.29) is 5.91 Å². The zero-order chi connectivity index (χ0) is 16.7. The molecule has 0 bridgehead atoms. The molecule has 3 aromatic rings. The molecule has 1 aromatic carbocycles. The summed E-state index contributed by atoms with van der Waals surface area (Å²) < 4.78 is 7.19. The molecule has 0 radical (unpaired) electrons. The monoisotopic (exact) mass is 323 g/mol. The number of rotatable bonds is 2. The fraction of sp³-hybridized carbons (Fsp3) is 0.222. The standard InChI is InChI=1S/C18H17N3O3/c19-17(22)16-13-5-4-12(18(23)20-7-9-24-10-8-20)11-15(13)21-6-2-1-3-14(16)21/h1-6,11H,7-10H2,(H2,19,22). The first-order valence-electron chi connectivity index (χ1n) is 7.86. The molecule has 0 unspecified atom stereocenters. The van der Waals surface area contributed by atoms with E-state index in [1.807, 2.05) is 34.9 Å². The highest BCUT2D eigenvalue weighted by Gasteiger charge is 2.21. The molecule has 3 heterocycles. The number of carbonyl (C=O) groups excluding carboxylic acids is 2. The Kier molecular flexibility index (Phi) is 3.46. The molecule has 0 saturated carbocycles. The maximum absolute atomic E-state index is 12.7. The first-order valence-corrected chi connectivity index (χ1v) is 7.86. The number of hydrogen-bond acceptors (Lipinski definition) is 3. The number of fused-ring (bicyclic) bond motifs is 3. The van der Waals surface area contributed by atoms with Gasteiger partial charge in [0.05, 0.1) is 29.8 Å². The Hall–Kier alpha value is -2.86. The number of pyridine rings is 1. The van der Waals surface area contributed by atoms with Crippen molar-refractivity contribution < 1.29 is 14.3 Å². The third-order valence-electron chi connectivity index (χ3n) is 4.43. The molecule has 1 fully saturated rings. The van der Waals surface area contributed by atoms with Crippen molar-refractivity contribution in [3.05, 3.63) is 53.7 Å². The summed E-state index contributed by atoms with van der Waals surface area (Å²) in [5, 5.41) is 0.757. The highest BCUT2D eigenvalue weighted by molar-refractivity contribution is 6.14. The SMILES string of the molecule is NC(=O)c1c2ccc(C(=O)N3CCOCC3)cc2n2ccccc12. The number of benzene rings is 1. The van der Waals surface area contributed by atoms with Crippen molar-refractivity contribution in [3.63, 3.8) is 0 Å². The van der Waals surface area contributed by atoms with Crippen LogP contribution in [0.3, 0.4) is 0 Å². The van der Waals surface area contributed by atoms with E-state index in [9.17, 15) is 9.59 Å². The molecule has 0 spiro atoms. The number of morpholine rings is 1. The van der Waals surface area contributed by atoms with Crippen LogP contribution in [0.2, 0.25) is 0 Å². The molecule has 6 nitrogen and oxygen atoms in total.